The van der Waals surface area contributed by atoms with Gasteiger partial charge < -0.3 is 15.8 Å². The maximum atomic E-state index is 13.0. The van der Waals surface area contributed by atoms with Crippen LogP contribution in [0.5, 0.6) is 0 Å². The third-order valence-corrected chi connectivity index (χ3v) is 2.78. The zero-order valence-electron chi connectivity index (χ0n) is 9.01. The summed E-state index contributed by atoms with van der Waals surface area (Å²) in [6, 6.07) is 5.78. The number of carbonyl (C=O) groups is 1. The van der Waals surface area contributed by atoms with E-state index in [2.05, 4.69) is 5.16 Å². The fourth-order valence-corrected chi connectivity index (χ4v) is 1.88. The average Bonchev–Trinajstić information content (AvgIpc) is 2.70. The molecular formula is C11H12FN3O2. The first-order valence-corrected chi connectivity index (χ1v) is 5.15. The summed E-state index contributed by atoms with van der Waals surface area (Å²) in [7, 11) is 0. The van der Waals surface area contributed by atoms with Gasteiger partial charge in [-0.15, -0.1) is 0 Å². The van der Waals surface area contributed by atoms with Gasteiger partial charge in [-0.1, -0.05) is 11.2 Å². The first kappa shape index (κ1) is 11.4. The number of amidine groups is 1. The van der Waals surface area contributed by atoms with Crippen LogP contribution >= 0.6 is 0 Å². The Kier molecular flexibility index (Phi) is 2.95. The number of hydrogen-bond donors (Lipinski definition) is 2. The standard InChI is InChI=1S/C11H12FN3O2/c12-8-2-1-3-9(5-8)15-6-7(4-10(15)16)11(13)14-17/h1-3,5,7,17H,4,6H2,(H2,13,14)/t7-/m1/s1. The van der Waals surface area contributed by atoms with Crippen LogP contribution in [0.25, 0.3) is 0 Å². The Balaban J connectivity index is 2.21. The molecule has 1 aromatic rings. The molecule has 1 saturated heterocycles. The van der Waals surface area contributed by atoms with Gasteiger partial charge >= 0.3 is 0 Å². The predicted octanol–water partition coefficient (Wildman–Crippen LogP) is 0.925. The molecule has 1 aliphatic heterocycles. The number of rotatable bonds is 2. The Morgan fingerprint density at radius 1 is 1.59 bits per heavy atom. The minimum absolute atomic E-state index is 0.0252. The molecule has 0 aromatic heterocycles. The molecule has 0 spiro atoms. The average molecular weight is 237 g/mol. The molecule has 1 aromatic carbocycles. The number of carbonyl (C=O) groups excluding carboxylic acids is 1. The van der Waals surface area contributed by atoms with E-state index < -0.39 is 5.82 Å². The molecule has 90 valence electrons. The third kappa shape index (κ3) is 2.20. The second-order valence-corrected chi connectivity index (χ2v) is 3.91. The van der Waals surface area contributed by atoms with E-state index in [-0.39, 0.29) is 24.1 Å². The van der Waals surface area contributed by atoms with E-state index >= 15 is 0 Å². The third-order valence-electron chi connectivity index (χ3n) is 2.78. The van der Waals surface area contributed by atoms with Gasteiger partial charge in [-0.25, -0.2) is 4.39 Å². The molecule has 0 unspecified atom stereocenters. The normalized spacial score (nSPS) is 21.0. The minimum Gasteiger partial charge on any atom is -0.409 e. The lowest BCUT2D eigenvalue weighted by Crippen LogP contribution is -2.28. The van der Waals surface area contributed by atoms with Crippen molar-refractivity contribution in [2.45, 2.75) is 6.42 Å². The van der Waals surface area contributed by atoms with Gasteiger partial charge in [0.1, 0.15) is 11.7 Å². The summed E-state index contributed by atoms with van der Waals surface area (Å²) < 4.78 is 13.0. The van der Waals surface area contributed by atoms with E-state index in [1.165, 1.54) is 23.1 Å². The number of oxime groups is 1. The molecule has 17 heavy (non-hydrogen) atoms. The fraction of sp³-hybridized carbons (Fsp3) is 0.273. The molecule has 6 heteroatoms. The minimum atomic E-state index is -0.400. The van der Waals surface area contributed by atoms with Gasteiger partial charge in [-0.2, -0.15) is 0 Å². The van der Waals surface area contributed by atoms with E-state index in [4.69, 9.17) is 10.9 Å². The smallest absolute Gasteiger partial charge is 0.227 e. The number of nitrogens with two attached hydrogens (primary N) is 1. The van der Waals surface area contributed by atoms with Crippen molar-refractivity contribution in [2.75, 3.05) is 11.4 Å². The van der Waals surface area contributed by atoms with Crippen molar-refractivity contribution in [3.63, 3.8) is 0 Å². The first-order valence-electron chi connectivity index (χ1n) is 5.15. The van der Waals surface area contributed by atoms with Gasteiger partial charge in [-0.05, 0) is 18.2 Å². The Hall–Kier alpha value is -2.11. The number of halogens is 1. The van der Waals surface area contributed by atoms with Gasteiger partial charge in [0.15, 0.2) is 0 Å². The van der Waals surface area contributed by atoms with Gasteiger partial charge in [0.05, 0.1) is 0 Å². The predicted molar refractivity (Wildman–Crippen MR) is 60.3 cm³/mol. The van der Waals surface area contributed by atoms with Crippen LogP contribution in [0.1, 0.15) is 6.42 Å². The Bertz CT molecular complexity index is 476. The molecular weight excluding hydrogens is 225 g/mol. The number of anilines is 1. The molecule has 1 atom stereocenters. The Morgan fingerprint density at radius 3 is 3.00 bits per heavy atom. The van der Waals surface area contributed by atoms with Gasteiger partial charge in [-0.3, -0.25) is 4.79 Å². The Morgan fingerprint density at radius 2 is 2.35 bits per heavy atom. The molecule has 1 aliphatic rings. The molecule has 1 fully saturated rings. The van der Waals surface area contributed by atoms with Crippen molar-refractivity contribution >= 4 is 17.4 Å². The van der Waals surface area contributed by atoms with Crippen LogP contribution in [0, 0.1) is 11.7 Å². The molecule has 0 bridgehead atoms. The lowest BCUT2D eigenvalue weighted by molar-refractivity contribution is -0.117. The highest BCUT2D eigenvalue weighted by atomic mass is 19.1. The molecule has 2 rings (SSSR count). The molecule has 3 N–H and O–H groups in total. The summed E-state index contributed by atoms with van der Waals surface area (Å²) in [4.78, 5) is 13.2. The summed E-state index contributed by atoms with van der Waals surface area (Å²) in [5.74, 6) is -0.859. The van der Waals surface area contributed by atoms with Crippen molar-refractivity contribution in [1.29, 1.82) is 0 Å². The van der Waals surface area contributed by atoms with Crippen LogP contribution in [-0.4, -0.2) is 23.5 Å². The summed E-state index contributed by atoms with van der Waals surface area (Å²) in [5, 5.41) is 11.4. The van der Waals surface area contributed by atoms with Gasteiger partial charge in [0.25, 0.3) is 0 Å². The van der Waals surface area contributed by atoms with Crippen molar-refractivity contribution < 1.29 is 14.4 Å². The van der Waals surface area contributed by atoms with Gasteiger partial charge in [0, 0.05) is 24.6 Å². The van der Waals surface area contributed by atoms with Crippen LogP contribution < -0.4 is 10.6 Å². The van der Waals surface area contributed by atoms with E-state index in [1.54, 1.807) is 6.07 Å². The quantitative estimate of drug-likeness (QED) is 0.347. The number of nitrogens with zero attached hydrogens (tertiary/aromatic N) is 2. The second-order valence-electron chi connectivity index (χ2n) is 3.91. The van der Waals surface area contributed by atoms with E-state index in [0.29, 0.717) is 12.2 Å². The number of hydrogen-bond acceptors (Lipinski definition) is 3. The highest BCUT2D eigenvalue weighted by molar-refractivity contribution is 6.01. The van der Waals surface area contributed by atoms with Crippen LogP contribution in [-0.2, 0) is 4.79 Å². The lowest BCUT2D eigenvalue weighted by atomic mass is 10.1. The van der Waals surface area contributed by atoms with Crippen LogP contribution in [0.2, 0.25) is 0 Å². The molecule has 1 heterocycles. The van der Waals surface area contributed by atoms with Crippen LogP contribution in [0.4, 0.5) is 10.1 Å². The largest absolute Gasteiger partial charge is 0.409 e. The number of benzene rings is 1. The summed E-state index contributed by atoms with van der Waals surface area (Å²) in [5.41, 5.74) is 5.95. The first-order chi connectivity index (χ1) is 8.11. The van der Waals surface area contributed by atoms with Crippen molar-refractivity contribution in [2.24, 2.45) is 16.8 Å². The topological polar surface area (TPSA) is 78.9 Å². The lowest BCUT2D eigenvalue weighted by Gasteiger charge is -2.16. The zero-order chi connectivity index (χ0) is 12.4. The van der Waals surface area contributed by atoms with Crippen molar-refractivity contribution in [3.8, 4) is 0 Å². The monoisotopic (exact) mass is 237 g/mol. The highest BCUT2D eigenvalue weighted by Gasteiger charge is 2.33. The summed E-state index contributed by atoms with van der Waals surface area (Å²) in [6.45, 7) is 0.304. The molecule has 0 aliphatic carbocycles. The molecule has 0 saturated carbocycles. The SMILES string of the molecule is N/C(=N/O)[C@@H]1CC(=O)N(c2cccc(F)c2)C1. The van der Waals surface area contributed by atoms with Gasteiger partial charge in [0.2, 0.25) is 5.91 Å². The van der Waals surface area contributed by atoms with Crippen molar-refractivity contribution in [1.82, 2.24) is 0 Å². The Labute approximate surface area is 97.3 Å². The molecule has 5 nitrogen and oxygen atoms in total. The van der Waals surface area contributed by atoms with Crippen molar-refractivity contribution in [3.05, 3.63) is 30.1 Å². The summed E-state index contributed by atoms with van der Waals surface area (Å²) >= 11 is 0. The summed E-state index contributed by atoms with van der Waals surface area (Å²) in [6.07, 6.45) is 0.173. The van der Waals surface area contributed by atoms with E-state index in [0.717, 1.165) is 0 Å². The van der Waals surface area contributed by atoms with Crippen LogP contribution in [0.3, 0.4) is 0 Å². The fourth-order valence-electron chi connectivity index (χ4n) is 1.88. The highest BCUT2D eigenvalue weighted by Crippen LogP contribution is 2.25. The zero-order valence-corrected chi connectivity index (χ0v) is 9.01. The molecule has 1 amide bonds. The maximum absolute atomic E-state index is 13.0. The van der Waals surface area contributed by atoms with E-state index in [9.17, 15) is 9.18 Å². The van der Waals surface area contributed by atoms with E-state index in [1.807, 2.05) is 0 Å². The molecule has 0 radical (unpaired) electrons. The maximum Gasteiger partial charge on any atom is 0.227 e. The van der Waals surface area contributed by atoms with Crippen LogP contribution in [0.15, 0.2) is 29.4 Å². The number of amides is 1. The second kappa shape index (κ2) is 4.40.